The number of nitrogens with zero attached hydrogens (tertiary/aromatic N) is 1. The number of hydrogen-bond acceptors (Lipinski definition) is 3. The fourth-order valence-corrected chi connectivity index (χ4v) is 2.77. The molecule has 0 spiro atoms. The zero-order chi connectivity index (χ0) is 13.6. The molecule has 1 aliphatic carbocycles. The van der Waals surface area contributed by atoms with Gasteiger partial charge in [0, 0.05) is 26.2 Å². The van der Waals surface area contributed by atoms with Gasteiger partial charge < -0.3 is 10.5 Å². The summed E-state index contributed by atoms with van der Waals surface area (Å²) in [5.41, 5.74) is 6.33. The maximum Gasteiger partial charge on any atom is 0.0589 e. The van der Waals surface area contributed by atoms with E-state index >= 15 is 0 Å². The lowest BCUT2D eigenvalue weighted by atomic mass is 9.81. The number of hydrogen-bond donors (Lipinski definition) is 1. The molecule has 0 aromatic heterocycles. The molecule has 2 N–H and O–H groups in total. The maximum atomic E-state index is 6.04. The predicted molar refractivity (Wildman–Crippen MR) is 77.7 cm³/mol. The summed E-state index contributed by atoms with van der Waals surface area (Å²) in [6.07, 6.45) is 5.14. The van der Waals surface area contributed by atoms with Gasteiger partial charge in [0.25, 0.3) is 0 Å². The zero-order valence-electron chi connectivity index (χ0n) is 12.7. The highest BCUT2D eigenvalue weighted by Gasteiger charge is 2.35. The van der Waals surface area contributed by atoms with Crippen molar-refractivity contribution in [1.29, 1.82) is 0 Å². The van der Waals surface area contributed by atoms with Crippen LogP contribution in [0.5, 0.6) is 0 Å². The van der Waals surface area contributed by atoms with Crippen LogP contribution in [0.2, 0.25) is 0 Å². The van der Waals surface area contributed by atoms with Crippen LogP contribution in [-0.4, -0.2) is 44.3 Å². The van der Waals surface area contributed by atoms with Gasteiger partial charge in [-0.15, -0.1) is 0 Å². The van der Waals surface area contributed by atoms with E-state index in [1.807, 2.05) is 0 Å². The minimum atomic E-state index is 0.289. The first-order valence-corrected chi connectivity index (χ1v) is 7.55. The summed E-state index contributed by atoms with van der Waals surface area (Å²) in [6.45, 7) is 10.7. The number of ether oxygens (including phenoxy) is 1. The summed E-state index contributed by atoms with van der Waals surface area (Å²) < 4.78 is 5.27. The first-order valence-electron chi connectivity index (χ1n) is 7.55. The summed E-state index contributed by atoms with van der Waals surface area (Å²) in [6, 6.07) is 0.684. The molecule has 0 saturated heterocycles. The van der Waals surface area contributed by atoms with Crippen LogP contribution in [0.3, 0.4) is 0 Å². The molecule has 1 unspecified atom stereocenters. The maximum absolute atomic E-state index is 6.04. The SMILES string of the molecule is CCC(CC)(CN)CN(CCOC)C(C)C1CC1. The predicted octanol–water partition coefficient (Wildman–Crippen LogP) is 2.50. The van der Waals surface area contributed by atoms with Crippen LogP contribution in [0, 0.1) is 11.3 Å². The fraction of sp³-hybridized carbons (Fsp3) is 1.00. The van der Waals surface area contributed by atoms with Crippen molar-refractivity contribution in [1.82, 2.24) is 4.90 Å². The van der Waals surface area contributed by atoms with Crippen molar-refractivity contribution in [2.24, 2.45) is 17.1 Å². The Morgan fingerprint density at radius 3 is 2.33 bits per heavy atom. The highest BCUT2D eigenvalue weighted by molar-refractivity contribution is 4.89. The van der Waals surface area contributed by atoms with Gasteiger partial charge in [0.1, 0.15) is 0 Å². The van der Waals surface area contributed by atoms with E-state index < -0.39 is 0 Å². The first-order chi connectivity index (χ1) is 8.62. The van der Waals surface area contributed by atoms with Crippen molar-refractivity contribution in [2.75, 3.05) is 33.4 Å². The quantitative estimate of drug-likeness (QED) is 0.652. The van der Waals surface area contributed by atoms with E-state index in [2.05, 4.69) is 25.7 Å². The van der Waals surface area contributed by atoms with Crippen molar-refractivity contribution >= 4 is 0 Å². The van der Waals surface area contributed by atoms with E-state index in [1.165, 1.54) is 25.7 Å². The van der Waals surface area contributed by atoms with Gasteiger partial charge in [-0.1, -0.05) is 13.8 Å². The van der Waals surface area contributed by atoms with Crippen molar-refractivity contribution in [3.8, 4) is 0 Å². The Morgan fingerprint density at radius 2 is 1.94 bits per heavy atom. The van der Waals surface area contributed by atoms with E-state index in [9.17, 15) is 0 Å². The largest absolute Gasteiger partial charge is 0.383 e. The monoisotopic (exact) mass is 256 g/mol. The molecule has 3 nitrogen and oxygen atoms in total. The second-order valence-electron chi connectivity index (χ2n) is 5.95. The Kier molecular flexibility index (Phi) is 6.61. The lowest BCUT2D eigenvalue weighted by molar-refractivity contribution is 0.0700. The molecule has 1 fully saturated rings. The molecule has 0 radical (unpaired) electrons. The van der Waals surface area contributed by atoms with Gasteiger partial charge in [0.2, 0.25) is 0 Å². The standard InChI is InChI=1S/C15H32N2O/c1-5-15(6-2,11-16)12-17(9-10-18-4)13(3)14-7-8-14/h13-14H,5-12,16H2,1-4H3. The van der Waals surface area contributed by atoms with E-state index in [0.29, 0.717) is 6.04 Å². The van der Waals surface area contributed by atoms with Gasteiger partial charge >= 0.3 is 0 Å². The van der Waals surface area contributed by atoms with Crippen LogP contribution < -0.4 is 5.73 Å². The van der Waals surface area contributed by atoms with Gasteiger partial charge in [0.15, 0.2) is 0 Å². The molecule has 0 bridgehead atoms. The highest BCUT2D eigenvalue weighted by Crippen LogP contribution is 2.37. The second kappa shape index (κ2) is 7.46. The van der Waals surface area contributed by atoms with Gasteiger partial charge in [-0.3, -0.25) is 4.90 Å². The van der Waals surface area contributed by atoms with Crippen LogP contribution >= 0.6 is 0 Å². The van der Waals surface area contributed by atoms with Gasteiger partial charge in [-0.05, 0) is 50.5 Å². The third-order valence-corrected chi connectivity index (χ3v) is 4.93. The molecule has 0 heterocycles. The van der Waals surface area contributed by atoms with Crippen molar-refractivity contribution in [3.05, 3.63) is 0 Å². The molecule has 1 aliphatic rings. The Labute approximate surface area is 113 Å². The third-order valence-electron chi connectivity index (χ3n) is 4.93. The molecule has 3 heteroatoms. The van der Waals surface area contributed by atoms with Gasteiger partial charge in [0.05, 0.1) is 6.61 Å². The Morgan fingerprint density at radius 1 is 1.33 bits per heavy atom. The van der Waals surface area contributed by atoms with Crippen LogP contribution in [0.15, 0.2) is 0 Å². The topological polar surface area (TPSA) is 38.5 Å². The van der Waals surface area contributed by atoms with E-state index in [0.717, 1.165) is 32.2 Å². The Balaban J connectivity index is 2.62. The molecule has 0 amide bonds. The summed E-state index contributed by atoms with van der Waals surface area (Å²) in [5.74, 6) is 0.908. The summed E-state index contributed by atoms with van der Waals surface area (Å²) >= 11 is 0. The van der Waals surface area contributed by atoms with E-state index in [4.69, 9.17) is 10.5 Å². The minimum absolute atomic E-state index is 0.289. The highest BCUT2D eigenvalue weighted by atomic mass is 16.5. The van der Waals surface area contributed by atoms with Crippen molar-refractivity contribution < 1.29 is 4.74 Å². The van der Waals surface area contributed by atoms with Gasteiger partial charge in [-0.25, -0.2) is 0 Å². The smallest absolute Gasteiger partial charge is 0.0589 e. The van der Waals surface area contributed by atoms with Crippen LogP contribution in [-0.2, 0) is 4.74 Å². The zero-order valence-corrected chi connectivity index (χ0v) is 12.7. The molecule has 18 heavy (non-hydrogen) atoms. The second-order valence-corrected chi connectivity index (χ2v) is 5.95. The molecule has 0 aliphatic heterocycles. The van der Waals surface area contributed by atoms with Crippen LogP contribution in [0.1, 0.15) is 46.5 Å². The first kappa shape index (κ1) is 15.9. The molecule has 108 valence electrons. The average Bonchev–Trinajstić information content (AvgIpc) is 3.24. The summed E-state index contributed by atoms with van der Waals surface area (Å²) in [7, 11) is 1.79. The molecule has 1 rings (SSSR count). The molecular formula is C15H32N2O. The molecule has 0 aromatic carbocycles. The summed E-state index contributed by atoms with van der Waals surface area (Å²) in [4.78, 5) is 2.61. The minimum Gasteiger partial charge on any atom is -0.383 e. The van der Waals surface area contributed by atoms with E-state index in [-0.39, 0.29) is 5.41 Å². The van der Waals surface area contributed by atoms with Crippen LogP contribution in [0.4, 0.5) is 0 Å². The third kappa shape index (κ3) is 4.22. The van der Waals surface area contributed by atoms with Crippen LogP contribution in [0.25, 0.3) is 0 Å². The molecular weight excluding hydrogens is 224 g/mol. The summed E-state index contributed by atoms with van der Waals surface area (Å²) in [5, 5.41) is 0. The lowest BCUT2D eigenvalue weighted by Crippen LogP contribution is -2.47. The van der Waals surface area contributed by atoms with Gasteiger partial charge in [-0.2, -0.15) is 0 Å². The number of rotatable bonds is 10. The van der Waals surface area contributed by atoms with E-state index in [1.54, 1.807) is 7.11 Å². The lowest BCUT2D eigenvalue weighted by Gasteiger charge is -2.39. The molecule has 1 saturated carbocycles. The fourth-order valence-electron chi connectivity index (χ4n) is 2.77. The average molecular weight is 256 g/mol. The normalized spacial score (nSPS) is 18.3. The van der Waals surface area contributed by atoms with Crippen molar-refractivity contribution in [3.63, 3.8) is 0 Å². The number of methoxy groups -OCH3 is 1. The molecule has 1 atom stereocenters. The van der Waals surface area contributed by atoms with Crippen molar-refractivity contribution in [2.45, 2.75) is 52.5 Å². The Hall–Kier alpha value is -0.120. The number of nitrogens with two attached hydrogens (primary N) is 1. The molecule has 0 aromatic rings. The Bertz CT molecular complexity index is 216.